The maximum Gasteiger partial charge on any atom is 0.416 e. The number of halogens is 6. The van der Waals surface area contributed by atoms with Gasteiger partial charge in [-0.1, -0.05) is 143 Å². The largest absolute Gasteiger partial charge is 0.416 e. The third-order valence-electron chi connectivity index (χ3n) is 25.5. The van der Waals surface area contributed by atoms with Crippen molar-refractivity contribution in [2.24, 2.45) is 35.2 Å². The Kier molecular flexibility index (Phi) is 20.6. The summed E-state index contributed by atoms with van der Waals surface area (Å²) in [5.74, 6) is -0.942. The standard InChI is InChI=1S/C24H21F3N.C24H24N.3C23H21FN/c1-14-11-15(2)16(3)21(12-14)23-20-8-6-17-5-7-18(24(25,26)27)13-22(17)19(20)9-10-28(23)4;1-15-6-8-20-19(13-15)7-9-22-21(20)10-11-25(5)24(22)23-14-16(2)12-17(3)18(23)4;1-14-11-15(2)16(3)22(12-14)23-21-7-5-17-13-18(24)6-8-19(17)20(21)9-10-25(23)4;1-14-11-15(2)16(3)21(12-14)23-20-8-6-17-5-7-18(24)13-22(17)19(20)9-10-25(23)4;1-14-12-15(2)16(3)21(13-14)23-20-9-8-19-17(6-5-7-22(19)24)18(20)10-11-25(23)4/h5-13H,1-4H3;6-14H,1-5H3;3*5-13H,1-4H3/q5*+1/i9D,10D;10D,11D;2*9D,10D;10D,11D. The van der Waals surface area contributed by atoms with Crippen LogP contribution in [-0.4, -0.2) is 0 Å². The zero-order valence-electron chi connectivity index (χ0n) is 86.2. The molecule has 0 spiro atoms. The van der Waals surface area contributed by atoms with Crippen molar-refractivity contribution in [2.45, 2.75) is 117 Å². The topological polar surface area (TPSA) is 19.4 Å². The zero-order chi connectivity index (χ0) is 99.8. The van der Waals surface area contributed by atoms with Crippen LogP contribution in [0.4, 0.5) is 26.3 Å². The first kappa shape index (κ1) is 75.6. The lowest BCUT2D eigenvalue weighted by Crippen LogP contribution is -2.30. The van der Waals surface area contributed by atoms with Crippen molar-refractivity contribution in [3.05, 3.63) is 385 Å². The van der Waals surface area contributed by atoms with E-state index >= 15 is 0 Å². The predicted molar refractivity (Wildman–Crippen MR) is 521 cm³/mol. The van der Waals surface area contributed by atoms with Crippen LogP contribution in [0.3, 0.4) is 0 Å². The number of hydrogen-bond donors (Lipinski definition) is 0. The number of benzene rings is 15. The minimum atomic E-state index is -4.48. The molecule has 0 radical (unpaired) electrons. The van der Waals surface area contributed by atoms with Crippen LogP contribution in [-0.2, 0) is 41.4 Å². The van der Waals surface area contributed by atoms with Crippen LogP contribution in [0.2, 0.25) is 0 Å². The Morgan fingerprint density at radius 2 is 0.500 bits per heavy atom. The van der Waals surface area contributed by atoms with Crippen LogP contribution in [0.15, 0.2) is 273 Å². The second-order valence-corrected chi connectivity index (χ2v) is 34.7. The Bertz CT molecular complexity index is 8310. The van der Waals surface area contributed by atoms with Crippen molar-refractivity contribution in [2.75, 3.05) is 0 Å². The molecule has 0 amide bonds. The quantitative estimate of drug-likeness (QED) is 0.0930. The highest BCUT2D eigenvalue weighted by molar-refractivity contribution is 6.15. The molecule has 0 saturated carbocycles. The van der Waals surface area contributed by atoms with Crippen molar-refractivity contribution in [3.8, 4) is 56.3 Å². The normalized spacial score (nSPS) is 12.6. The fraction of sp³-hybridized carbons (Fsp3) is 0.188. The Balaban J connectivity index is 0.000000125. The number of rotatable bonds is 5. The summed E-state index contributed by atoms with van der Waals surface area (Å²) in [6, 6.07) is 65.2. The second kappa shape index (κ2) is 34.9. The third-order valence-corrected chi connectivity index (χ3v) is 25.5. The number of fused-ring (bicyclic) bond motifs is 15. The van der Waals surface area contributed by atoms with Gasteiger partial charge in [0.25, 0.3) is 0 Å². The molecule has 11 heteroatoms. The van der Waals surface area contributed by atoms with E-state index in [4.69, 9.17) is 13.7 Å². The average Bonchev–Trinajstić information content (AvgIpc) is 0.756. The van der Waals surface area contributed by atoms with Gasteiger partial charge in [0.15, 0.2) is 30.9 Å². The van der Waals surface area contributed by atoms with E-state index in [0.717, 1.165) is 172 Å². The van der Waals surface area contributed by atoms with Gasteiger partial charge in [-0.25, -0.2) is 36.0 Å². The maximum absolute atomic E-state index is 14.3. The van der Waals surface area contributed by atoms with Gasteiger partial charge in [-0.3, -0.25) is 0 Å². The van der Waals surface area contributed by atoms with Gasteiger partial charge >= 0.3 is 6.18 Å². The summed E-state index contributed by atoms with van der Waals surface area (Å²) in [6.07, 6.45) is -3.90. The van der Waals surface area contributed by atoms with Crippen molar-refractivity contribution >= 4 is 108 Å². The smallest absolute Gasteiger partial charge is 0.207 e. The monoisotopic (exact) mass is 1710 g/mol. The molecule has 0 fully saturated rings. The van der Waals surface area contributed by atoms with Gasteiger partial charge in [0.2, 0.25) is 28.5 Å². The molecular formula is C117H108F6N5+5. The molecule has 0 saturated heterocycles. The zero-order valence-corrected chi connectivity index (χ0v) is 76.2. The Morgan fingerprint density at radius 3 is 0.867 bits per heavy atom. The fourth-order valence-electron chi connectivity index (χ4n) is 18.5. The molecule has 5 heterocycles. The van der Waals surface area contributed by atoms with Crippen LogP contribution < -0.4 is 22.8 Å². The summed E-state index contributed by atoms with van der Waals surface area (Å²) >= 11 is 0. The van der Waals surface area contributed by atoms with E-state index in [1.54, 1.807) is 55.6 Å². The fourth-order valence-corrected chi connectivity index (χ4v) is 18.5. The molecule has 5 aromatic heterocycles. The van der Waals surface area contributed by atoms with Crippen LogP contribution in [0.5, 0.6) is 0 Å². The summed E-state index contributed by atoms with van der Waals surface area (Å²) in [5, 5.41) is 14.9. The van der Waals surface area contributed by atoms with E-state index in [2.05, 4.69) is 175 Å². The number of pyridine rings is 5. The Hall–Kier alpha value is -13.8. The third kappa shape index (κ3) is 16.7. The molecule has 128 heavy (non-hydrogen) atoms. The van der Waals surface area contributed by atoms with E-state index in [0.29, 0.717) is 53.9 Å². The van der Waals surface area contributed by atoms with E-state index in [1.807, 2.05) is 102 Å². The highest BCUT2D eigenvalue weighted by Gasteiger charge is 2.32. The lowest BCUT2D eigenvalue weighted by atomic mass is 9.93. The number of hydrogen-bond acceptors (Lipinski definition) is 0. The molecule has 0 atom stereocenters. The van der Waals surface area contributed by atoms with E-state index in [9.17, 15) is 26.3 Å². The van der Waals surface area contributed by atoms with Crippen LogP contribution in [0.25, 0.3) is 164 Å². The van der Waals surface area contributed by atoms with Crippen molar-refractivity contribution in [1.29, 1.82) is 0 Å². The molecular weight excluding hydrogens is 1590 g/mol. The summed E-state index contributed by atoms with van der Waals surface area (Å²) in [6.45, 7) is 33.1. The van der Waals surface area contributed by atoms with Crippen LogP contribution in [0.1, 0.15) is 108 Å². The summed E-state index contributed by atoms with van der Waals surface area (Å²) in [7, 11) is 9.10. The molecule has 0 bridgehead atoms. The summed E-state index contributed by atoms with van der Waals surface area (Å²) < 4.78 is 176. The van der Waals surface area contributed by atoms with Crippen LogP contribution >= 0.6 is 0 Å². The molecule has 0 aliphatic carbocycles. The predicted octanol–water partition coefficient (Wildman–Crippen LogP) is 28.8. The van der Waals surface area contributed by atoms with Gasteiger partial charge in [0.1, 0.15) is 59.5 Å². The number of alkyl halides is 3. The second-order valence-electron chi connectivity index (χ2n) is 34.7. The minimum absolute atomic E-state index is 0.0408. The average molecular weight is 1710 g/mol. The lowest BCUT2D eigenvalue weighted by Gasteiger charge is -2.13. The van der Waals surface area contributed by atoms with Gasteiger partial charge in [-0.15, -0.1) is 0 Å². The van der Waals surface area contributed by atoms with Crippen molar-refractivity contribution < 1.29 is 62.9 Å². The molecule has 20 aromatic rings. The van der Waals surface area contributed by atoms with Gasteiger partial charge in [0, 0.05) is 62.5 Å². The van der Waals surface area contributed by atoms with E-state index < -0.39 is 11.7 Å². The first-order valence-corrected chi connectivity index (χ1v) is 42.9. The highest BCUT2D eigenvalue weighted by Crippen LogP contribution is 2.42. The number of nitrogens with zero attached hydrogens (tertiary/aromatic N) is 5. The molecule has 0 aliphatic rings. The van der Waals surface area contributed by atoms with Gasteiger partial charge in [-0.2, -0.15) is 13.2 Å². The summed E-state index contributed by atoms with van der Waals surface area (Å²) in [4.78, 5) is 0. The van der Waals surface area contributed by atoms with Crippen LogP contribution in [0, 0.1) is 128 Å². The summed E-state index contributed by atoms with van der Waals surface area (Å²) in [5.41, 5.74) is 27.4. The molecule has 0 unspecified atom stereocenters. The Morgan fingerprint density at radius 1 is 0.227 bits per heavy atom. The number of aromatic nitrogens is 5. The van der Waals surface area contributed by atoms with Gasteiger partial charge < -0.3 is 0 Å². The first-order valence-electron chi connectivity index (χ1n) is 47.9. The molecule has 0 aliphatic heterocycles. The van der Waals surface area contributed by atoms with E-state index in [-0.39, 0.29) is 78.5 Å². The number of aryl methyl sites for hydroxylation is 11. The molecule has 0 N–H and O–H groups in total. The maximum atomic E-state index is 14.3. The molecule has 20 rings (SSSR count). The highest BCUT2D eigenvalue weighted by atomic mass is 19.4. The first-order chi connectivity index (χ1) is 65.2. The van der Waals surface area contributed by atoms with Gasteiger partial charge in [-0.05, 0) is 318 Å². The molecule has 638 valence electrons. The molecule has 5 nitrogen and oxygen atoms in total. The van der Waals surface area contributed by atoms with Crippen molar-refractivity contribution in [3.63, 3.8) is 0 Å². The van der Waals surface area contributed by atoms with E-state index in [1.165, 1.54) is 75.3 Å². The molecule has 15 aromatic carbocycles. The SMILES string of the molecule is [2H]c1c([2H])[n+](C)c(-c2cc(C)cc(C)c2C)c2ccc3c(F)cccc3c12.[2H]c1c([2H])[n+](C)c(-c2cc(C)cc(C)c2C)c2ccc3cc(C)ccc3c12.[2H]c1c([2H])[n+](C)c(-c2cc(C)cc(C)c2C)c2ccc3cc(F)ccc3c12.[2H]c1c([2H])[n+](C)c(-c2cc(C)cc(C)c2C)c2ccc3ccc(C(F)(F)F)cc3c12.[2H]c1c([2H])[n+](C)c(-c2cc(C)cc(C)c2C)c2ccc3ccc(F)cc3c12. The van der Waals surface area contributed by atoms with Gasteiger partial charge in [0.05, 0.1) is 67.2 Å². The Labute approximate surface area is 760 Å². The van der Waals surface area contributed by atoms with Crippen molar-refractivity contribution in [1.82, 2.24) is 0 Å². The minimum Gasteiger partial charge on any atom is -0.207 e. The lowest BCUT2D eigenvalue weighted by molar-refractivity contribution is -0.659.